The minimum atomic E-state index is -3.39. The van der Waals surface area contributed by atoms with Gasteiger partial charge in [-0.15, -0.1) is 0 Å². The Morgan fingerprint density at radius 2 is 1.94 bits per heavy atom. The maximum atomic E-state index is 11.9. The molecular formula is C10H23N3O2S. The Hall–Kier alpha value is -0.170. The van der Waals surface area contributed by atoms with Gasteiger partial charge in [0.1, 0.15) is 0 Å². The lowest BCUT2D eigenvalue weighted by atomic mass is 9.64. The van der Waals surface area contributed by atoms with Crippen LogP contribution in [0.1, 0.15) is 34.1 Å². The van der Waals surface area contributed by atoms with Gasteiger partial charge in [-0.3, -0.25) is 0 Å². The van der Waals surface area contributed by atoms with Crippen LogP contribution in [0.15, 0.2) is 0 Å². The number of nitrogens with zero attached hydrogens (tertiary/aromatic N) is 1. The lowest BCUT2D eigenvalue weighted by molar-refractivity contribution is 0.0888. The van der Waals surface area contributed by atoms with E-state index in [0.29, 0.717) is 6.42 Å². The van der Waals surface area contributed by atoms with Crippen molar-refractivity contribution in [3.63, 3.8) is 0 Å². The fraction of sp³-hybridized carbons (Fsp3) is 1.00. The highest BCUT2D eigenvalue weighted by molar-refractivity contribution is 7.87. The van der Waals surface area contributed by atoms with Gasteiger partial charge in [0.05, 0.1) is 0 Å². The van der Waals surface area contributed by atoms with Crippen LogP contribution in [0.2, 0.25) is 0 Å². The SMILES string of the molecule is CC(C)N(C)S(=O)(=O)NC1CC(N)C1(C)C. The zero-order valence-corrected chi connectivity index (χ0v) is 11.5. The second-order valence-electron chi connectivity index (χ2n) is 5.45. The summed E-state index contributed by atoms with van der Waals surface area (Å²) in [5.74, 6) is 0. The molecule has 16 heavy (non-hydrogen) atoms. The monoisotopic (exact) mass is 249 g/mol. The summed E-state index contributed by atoms with van der Waals surface area (Å²) in [5.41, 5.74) is 5.69. The van der Waals surface area contributed by atoms with Gasteiger partial charge in [0.15, 0.2) is 0 Å². The van der Waals surface area contributed by atoms with Crippen LogP contribution in [0.5, 0.6) is 0 Å². The van der Waals surface area contributed by atoms with E-state index >= 15 is 0 Å². The van der Waals surface area contributed by atoms with Gasteiger partial charge in [-0.1, -0.05) is 13.8 Å². The van der Waals surface area contributed by atoms with Crippen LogP contribution in [0, 0.1) is 5.41 Å². The van der Waals surface area contributed by atoms with Crippen LogP contribution >= 0.6 is 0 Å². The van der Waals surface area contributed by atoms with Gasteiger partial charge >= 0.3 is 0 Å². The predicted molar refractivity (Wildman–Crippen MR) is 65.1 cm³/mol. The Morgan fingerprint density at radius 3 is 2.25 bits per heavy atom. The summed E-state index contributed by atoms with van der Waals surface area (Å²) in [5, 5.41) is 0. The number of rotatable bonds is 4. The van der Waals surface area contributed by atoms with Gasteiger partial charge < -0.3 is 5.73 Å². The second kappa shape index (κ2) is 4.25. The molecule has 1 rings (SSSR count). The third kappa shape index (κ3) is 2.40. The summed E-state index contributed by atoms with van der Waals surface area (Å²) in [7, 11) is -1.80. The largest absolute Gasteiger partial charge is 0.327 e. The van der Waals surface area contributed by atoms with Crippen molar-refractivity contribution >= 4 is 10.2 Å². The fourth-order valence-electron chi connectivity index (χ4n) is 1.70. The van der Waals surface area contributed by atoms with E-state index in [4.69, 9.17) is 5.73 Å². The van der Waals surface area contributed by atoms with Crippen LogP contribution < -0.4 is 10.5 Å². The van der Waals surface area contributed by atoms with Crippen molar-refractivity contribution in [2.75, 3.05) is 7.05 Å². The topological polar surface area (TPSA) is 75.4 Å². The average molecular weight is 249 g/mol. The molecule has 2 atom stereocenters. The number of hydrogen-bond donors (Lipinski definition) is 2. The zero-order chi connectivity index (χ0) is 12.7. The Morgan fingerprint density at radius 1 is 1.44 bits per heavy atom. The molecule has 0 aliphatic heterocycles. The normalized spacial score (nSPS) is 29.5. The van der Waals surface area contributed by atoms with E-state index in [1.54, 1.807) is 7.05 Å². The highest BCUT2D eigenvalue weighted by atomic mass is 32.2. The van der Waals surface area contributed by atoms with Crippen LogP contribution in [0.3, 0.4) is 0 Å². The van der Waals surface area contributed by atoms with Crippen LogP contribution in [0.25, 0.3) is 0 Å². The number of hydrogen-bond acceptors (Lipinski definition) is 3. The standard InChI is InChI=1S/C10H23N3O2S/c1-7(2)13(5)16(14,15)12-9-6-8(11)10(9,3)4/h7-9,12H,6,11H2,1-5H3. The van der Waals surface area contributed by atoms with Crippen molar-refractivity contribution in [3.05, 3.63) is 0 Å². The van der Waals surface area contributed by atoms with E-state index in [1.165, 1.54) is 4.31 Å². The molecule has 1 saturated carbocycles. The molecule has 3 N–H and O–H groups in total. The van der Waals surface area contributed by atoms with Crippen LogP contribution in [-0.2, 0) is 10.2 Å². The maximum Gasteiger partial charge on any atom is 0.279 e. The Kier molecular flexibility index (Phi) is 3.69. The van der Waals surface area contributed by atoms with Gasteiger partial charge in [-0.25, -0.2) is 0 Å². The molecule has 96 valence electrons. The van der Waals surface area contributed by atoms with E-state index in [9.17, 15) is 8.42 Å². The predicted octanol–water partition coefficient (Wildman–Crippen LogP) is 0.287. The average Bonchev–Trinajstić information content (AvgIpc) is 2.15. The minimum Gasteiger partial charge on any atom is -0.327 e. The molecule has 5 nitrogen and oxygen atoms in total. The molecule has 0 bridgehead atoms. The fourth-order valence-corrected chi connectivity index (χ4v) is 3.18. The third-order valence-corrected chi connectivity index (χ3v) is 5.50. The molecule has 0 heterocycles. The second-order valence-corrected chi connectivity index (χ2v) is 7.21. The van der Waals surface area contributed by atoms with Crippen LogP contribution in [0.4, 0.5) is 0 Å². The molecule has 1 fully saturated rings. The molecule has 0 radical (unpaired) electrons. The Balaban J connectivity index is 2.69. The highest BCUT2D eigenvalue weighted by Gasteiger charge is 2.48. The Bertz CT molecular complexity index is 351. The van der Waals surface area contributed by atoms with Gasteiger partial charge in [0.2, 0.25) is 0 Å². The molecule has 0 aromatic rings. The molecule has 0 amide bonds. The summed E-state index contributed by atoms with van der Waals surface area (Å²) in [6.45, 7) is 7.67. The molecule has 2 unspecified atom stereocenters. The maximum absolute atomic E-state index is 11.9. The smallest absolute Gasteiger partial charge is 0.279 e. The summed E-state index contributed by atoms with van der Waals surface area (Å²) < 4.78 is 27.9. The van der Waals surface area contributed by atoms with E-state index in [0.717, 1.165) is 0 Å². The van der Waals surface area contributed by atoms with E-state index < -0.39 is 10.2 Å². The first-order chi connectivity index (χ1) is 7.09. The van der Waals surface area contributed by atoms with Crippen molar-refractivity contribution < 1.29 is 8.42 Å². The summed E-state index contributed by atoms with van der Waals surface area (Å²) in [4.78, 5) is 0. The van der Waals surface area contributed by atoms with E-state index in [2.05, 4.69) is 4.72 Å². The molecule has 0 saturated heterocycles. The number of nitrogens with two attached hydrogens (primary N) is 1. The quantitative estimate of drug-likeness (QED) is 0.752. The zero-order valence-electron chi connectivity index (χ0n) is 10.7. The molecule has 0 spiro atoms. The van der Waals surface area contributed by atoms with Gasteiger partial charge in [0.25, 0.3) is 10.2 Å². The first-order valence-electron chi connectivity index (χ1n) is 5.60. The summed E-state index contributed by atoms with van der Waals surface area (Å²) >= 11 is 0. The van der Waals surface area contributed by atoms with Crippen molar-refractivity contribution in [1.29, 1.82) is 0 Å². The summed E-state index contributed by atoms with van der Waals surface area (Å²) in [6.07, 6.45) is 0.707. The van der Waals surface area contributed by atoms with Crippen molar-refractivity contribution in [1.82, 2.24) is 9.03 Å². The molecule has 6 heteroatoms. The third-order valence-electron chi connectivity index (χ3n) is 3.74. The van der Waals surface area contributed by atoms with Crippen molar-refractivity contribution in [2.24, 2.45) is 11.1 Å². The van der Waals surface area contributed by atoms with E-state index in [-0.39, 0.29) is 23.5 Å². The van der Waals surface area contributed by atoms with Gasteiger partial charge in [-0.05, 0) is 25.7 Å². The first-order valence-corrected chi connectivity index (χ1v) is 7.04. The molecule has 0 aromatic carbocycles. The van der Waals surface area contributed by atoms with Gasteiger partial charge in [-0.2, -0.15) is 17.4 Å². The lowest BCUT2D eigenvalue weighted by Crippen LogP contribution is -2.65. The van der Waals surface area contributed by atoms with Crippen molar-refractivity contribution in [3.8, 4) is 0 Å². The molecule has 1 aliphatic carbocycles. The summed E-state index contributed by atoms with van der Waals surface area (Å²) in [6, 6.07) is -0.0346. The first kappa shape index (κ1) is 13.9. The van der Waals surface area contributed by atoms with Gasteiger partial charge in [0, 0.05) is 25.2 Å². The lowest BCUT2D eigenvalue weighted by Gasteiger charge is -2.50. The molecular weight excluding hydrogens is 226 g/mol. The Labute approximate surface area is 98.6 Å². The van der Waals surface area contributed by atoms with Crippen molar-refractivity contribution in [2.45, 2.75) is 52.2 Å². The highest BCUT2D eigenvalue weighted by Crippen LogP contribution is 2.39. The van der Waals surface area contributed by atoms with E-state index in [1.807, 2.05) is 27.7 Å². The number of nitrogens with one attached hydrogen (secondary N) is 1. The minimum absolute atomic E-state index is 0.0469. The molecule has 0 aromatic heterocycles. The van der Waals surface area contributed by atoms with Crippen LogP contribution in [-0.4, -0.2) is 37.9 Å². The molecule has 1 aliphatic rings.